The van der Waals surface area contributed by atoms with Crippen molar-refractivity contribution in [2.24, 2.45) is 0 Å². The van der Waals surface area contributed by atoms with Gasteiger partial charge in [0.05, 0.1) is 5.69 Å². The number of hydrogen-bond acceptors (Lipinski definition) is 6. The molecule has 3 aliphatic rings. The van der Waals surface area contributed by atoms with Crippen LogP contribution < -0.4 is 5.32 Å². The highest BCUT2D eigenvalue weighted by atomic mass is 16.2. The Morgan fingerprint density at radius 1 is 1.03 bits per heavy atom. The average Bonchev–Trinajstić information content (AvgIpc) is 2.99. The quantitative estimate of drug-likeness (QED) is 0.718. The van der Waals surface area contributed by atoms with Crippen LogP contribution in [0.5, 0.6) is 0 Å². The zero-order chi connectivity index (χ0) is 22.9. The maximum Gasteiger partial charge on any atom is 0.255 e. The van der Waals surface area contributed by atoms with Crippen molar-refractivity contribution >= 4 is 17.7 Å². The molecule has 1 aromatic heterocycles. The fourth-order valence-electron chi connectivity index (χ4n) is 5.12. The highest BCUT2D eigenvalue weighted by molar-refractivity contribution is 6.06. The van der Waals surface area contributed by atoms with Crippen LogP contribution in [0.3, 0.4) is 0 Å². The molecule has 3 amide bonds. The van der Waals surface area contributed by atoms with Gasteiger partial charge in [0.25, 0.3) is 5.91 Å². The van der Waals surface area contributed by atoms with E-state index in [4.69, 9.17) is 4.98 Å². The molecule has 0 spiro atoms. The molecule has 2 saturated heterocycles. The van der Waals surface area contributed by atoms with Crippen LogP contribution in [0.1, 0.15) is 40.7 Å². The first-order chi connectivity index (χ1) is 16.0. The summed E-state index contributed by atoms with van der Waals surface area (Å²) in [5.41, 5.74) is 4.50. The maximum absolute atomic E-state index is 13.2. The number of pyridine rings is 1. The molecule has 172 valence electrons. The van der Waals surface area contributed by atoms with Crippen molar-refractivity contribution in [2.75, 3.05) is 33.2 Å². The number of imide groups is 1. The van der Waals surface area contributed by atoms with Crippen LogP contribution in [-0.2, 0) is 22.7 Å². The number of amides is 3. The number of hydrogen-bond donors (Lipinski definition) is 1. The summed E-state index contributed by atoms with van der Waals surface area (Å²) in [6.45, 7) is 5.38. The number of carbonyl (C=O) groups excluding carboxylic acids is 3. The predicted octanol–water partition coefficient (Wildman–Crippen LogP) is 1.65. The lowest BCUT2D eigenvalue weighted by Gasteiger charge is -2.29. The lowest BCUT2D eigenvalue weighted by molar-refractivity contribution is -0.136. The van der Waals surface area contributed by atoms with E-state index >= 15 is 0 Å². The molecule has 2 aromatic rings. The third-order valence-corrected chi connectivity index (χ3v) is 6.93. The number of piperidine rings is 1. The van der Waals surface area contributed by atoms with Crippen LogP contribution in [0.25, 0.3) is 11.3 Å². The second-order valence-electron chi connectivity index (χ2n) is 9.18. The van der Waals surface area contributed by atoms with Crippen molar-refractivity contribution in [3.8, 4) is 11.3 Å². The average molecular weight is 448 g/mol. The molecule has 1 N–H and O–H groups in total. The first-order valence-corrected chi connectivity index (χ1v) is 11.6. The Bertz CT molecular complexity index is 1100. The normalized spacial score (nSPS) is 22.3. The number of benzene rings is 1. The van der Waals surface area contributed by atoms with Crippen molar-refractivity contribution in [1.82, 2.24) is 25.0 Å². The Morgan fingerprint density at radius 2 is 1.88 bits per heavy atom. The second-order valence-corrected chi connectivity index (χ2v) is 9.18. The predicted molar refractivity (Wildman–Crippen MR) is 123 cm³/mol. The van der Waals surface area contributed by atoms with Gasteiger partial charge in [-0.2, -0.15) is 0 Å². The van der Waals surface area contributed by atoms with E-state index in [0.717, 1.165) is 61.5 Å². The van der Waals surface area contributed by atoms with E-state index < -0.39 is 11.9 Å². The fourth-order valence-corrected chi connectivity index (χ4v) is 5.12. The van der Waals surface area contributed by atoms with E-state index in [1.54, 1.807) is 11.1 Å². The summed E-state index contributed by atoms with van der Waals surface area (Å²) >= 11 is 0. The SMILES string of the molecule is CN1CCCN(Cc2cccnc2-c2cccc3c2CN(C2CCC(=O)NC2=O)C3=O)CC1. The van der Waals surface area contributed by atoms with Crippen molar-refractivity contribution in [3.05, 3.63) is 53.2 Å². The van der Waals surface area contributed by atoms with Crippen LogP contribution in [-0.4, -0.2) is 76.7 Å². The van der Waals surface area contributed by atoms with Gasteiger partial charge in [0.15, 0.2) is 0 Å². The van der Waals surface area contributed by atoms with Crippen LogP contribution in [0, 0.1) is 0 Å². The van der Waals surface area contributed by atoms with Gasteiger partial charge in [0, 0.05) is 49.9 Å². The molecule has 2 fully saturated rings. The van der Waals surface area contributed by atoms with Gasteiger partial charge in [-0.05, 0) is 56.2 Å². The van der Waals surface area contributed by atoms with Crippen molar-refractivity contribution in [3.63, 3.8) is 0 Å². The molecule has 0 aliphatic carbocycles. The smallest absolute Gasteiger partial charge is 0.255 e. The van der Waals surface area contributed by atoms with Crippen LogP contribution in [0.15, 0.2) is 36.5 Å². The van der Waals surface area contributed by atoms with E-state index in [0.29, 0.717) is 18.5 Å². The number of nitrogens with zero attached hydrogens (tertiary/aromatic N) is 4. The van der Waals surface area contributed by atoms with E-state index in [-0.39, 0.29) is 18.2 Å². The summed E-state index contributed by atoms with van der Waals surface area (Å²) in [5.74, 6) is -0.827. The van der Waals surface area contributed by atoms with Crippen molar-refractivity contribution in [2.45, 2.75) is 38.4 Å². The molecule has 8 heteroatoms. The summed E-state index contributed by atoms with van der Waals surface area (Å²) in [6, 6.07) is 9.19. The Hall–Kier alpha value is -3.10. The zero-order valence-electron chi connectivity index (χ0n) is 18.9. The van der Waals surface area contributed by atoms with Gasteiger partial charge in [-0.3, -0.25) is 29.6 Å². The lowest BCUT2D eigenvalue weighted by Crippen LogP contribution is -2.52. The minimum atomic E-state index is -0.618. The third kappa shape index (κ3) is 4.28. The Balaban J connectivity index is 1.44. The molecule has 3 aliphatic heterocycles. The fraction of sp³-hybridized carbons (Fsp3) is 0.440. The highest BCUT2D eigenvalue weighted by Gasteiger charge is 2.40. The summed E-state index contributed by atoms with van der Waals surface area (Å²) in [5, 5.41) is 2.37. The molecule has 0 radical (unpaired) electrons. The van der Waals surface area contributed by atoms with E-state index in [1.165, 1.54) is 0 Å². The largest absolute Gasteiger partial charge is 0.322 e. The molecular formula is C25H29N5O3. The monoisotopic (exact) mass is 447 g/mol. The highest BCUT2D eigenvalue weighted by Crippen LogP contribution is 2.35. The van der Waals surface area contributed by atoms with Gasteiger partial charge >= 0.3 is 0 Å². The van der Waals surface area contributed by atoms with Gasteiger partial charge in [0.1, 0.15) is 6.04 Å². The zero-order valence-corrected chi connectivity index (χ0v) is 18.9. The summed E-state index contributed by atoms with van der Waals surface area (Å²) < 4.78 is 0. The number of fused-ring (bicyclic) bond motifs is 1. The lowest BCUT2D eigenvalue weighted by atomic mass is 9.97. The molecule has 4 heterocycles. The Kier molecular flexibility index (Phi) is 5.95. The number of carbonyl (C=O) groups is 3. The molecule has 33 heavy (non-hydrogen) atoms. The van der Waals surface area contributed by atoms with Crippen molar-refractivity contribution < 1.29 is 14.4 Å². The third-order valence-electron chi connectivity index (χ3n) is 6.93. The number of likely N-dealkylation sites (N-methyl/N-ethyl adjacent to an activating group) is 1. The molecule has 0 saturated carbocycles. The van der Waals surface area contributed by atoms with Gasteiger partial charge in [-0.25, -0.2) is 0 Å². The molecule has 1 atom stereocenters. The first kappa shape index (κ1) is 21.7. The van der Waals surface area contributed by atoms with E-state index in [9.17, 15) is 14.4 Å². The number of aromatic nitrogens is 1. The van der Waals surface area contributed by atoms with Crippen LogP contribution in [0.2, 0.25) is 0 Å². The molecule has 1 unspecified atom stereocenters. The minimum Gasteiger partial charge on any atom is -0.322 e. The molecule has 5 rings (SSSR count). The minimum absolute atomic E-state index is 0.158. The molecular weight excluding hydrogens is 418 g/mol. The van der Waals surface area contributed by atoms with Crippen molar-refractivity contribution in [1.29, 1.82) is 0 Å². The van der Waals surface area contributed by atoms with Gasteiger partial charge < -0.3 is 9.80 Å². The number of rotatable bonds is 4. The maximum atomic E-state index is 13.2. The summed E-state index contributed by atoms with van der Waals surface area (Å²) in [6.07, 6.45) is 3.54. The molecule has 1 aromatic carbocycles. The van der Waals surface area contributed by atoms with Crippen LogP contribution in [0.4, 0.5) is 0 Å². The molecule has 8 nitrogen and oxygen atoms in total. The Morgan fingerprint density at radius 3 is 2.73 bits per heavy atom. The van der Waals surface area contributed by atoms with Gasteiger partial charge in [-0.1, -0.05) is 18.2 Å². The first-order valence-electron chi connectivity index (χ1n) is 11.6. The summed E-state index contributed by atoms with van der Waals surface area (Å²) in [4.78, 5) is 48.3. The summed E-state index contributed by atoms with van der Waals surface area (Å²) in [7, 11) is 2.16. The van der Waals surface area contributed by atoms with E-state index in [2.05, 4.69) is 28.2 Å². The van der Waals surface area contributed by atoms with E-state index in [1.807, 2.05) is 24.3 Å². The Labute approximate surface area is 193 Å². The van der Waals surface area contributed by atoms with Crippen LogP contribution >= 0.6 is 0 Å². The molecule has 0 bridgehead atoms. The topological polar surface area (TPSA) is 85.8 Å². The van der Waals surface area contributed by atoms with Gasteiger partial charge in [-0.15, -0.1) is 0 Å². The van der Waals surface area contributed by atoms with Gasteiger partial charge in [0.2, 0.25) is 11.8 Å². The number of nitrogens with one attached hydrogen (secondary N) is 1. The standard InChI is InChI=1S/C25H29N5O3/c1-28-11-4-12-29(14-13-28)15-17-5-3-10-26-23(17)18-6-2-7-19-20(18)16-30(25(19)33)21-8-9-22(31)27-24(21)32/h2-3,5-7,10,21H,4,8-9,11-16H2,1H3,(H,27,31,32). The second kappa shape index (κ2) is 9.03.